The minimum Gasteiger partial charge on any atom is -0.507 e. The van der Waals surface area contributed by atoms with Crippen LogP contribution in [0.2, 0.25) is 0 Å². The Morgan fingerprint density at radius 1 is 0.514 bits per heavy atom. The average Bonchev–Trinajstić information content (AvgIpc) is 3.72. The Balaban J connectivity index is 0.00000711. The van der Waals surface area contributed by atoms with Crippen LogP contribution >= 0.6 is 0 Å². The number of fused-ring (bicyclic) bond motifs is 1. The molecule has 1 N–H and O–H groups in total. The Morgan fingerprint density at radius 3 is 1.74 bits per heavy atom. The van der Waals surface area contributed by atoms with Crippen molar-refractivity contribution in [1.29, 1.82) is 0 Å². The molecule has 9 rings (SSSR count). The van der Waals surface area contributed by atoms with Crippen LogP contribution in [0.5, 0.6) is 5.75 Å². The molecule has 4 nitrogen and oxygen atoms in total. The number of para-hydroxylation sites is 1. The van der Waals surface area contributed by atoms with Crippen molar-refractivity contribution in [2.75, 3.05) is 0 Å². The predicted molar refractivity (Wildman–Crippen MR) is 301 cm³/mol. The number of aromatic hydroxyl groups is 1. The molecule has 2 heterocycles. The van der Waals surface area contributed by atoms with E-state index in [9.17, 15) is 5.11 Å². The Bertz CT molecular complexity index is 3460. The number of hydrogen-bond acceptors (Lipinski definition) is 3. The van der Waals surface area contributed by atoms with E-state index in [2.05, 4.69) is 221 Å². The van der Waals surface area contributed by atoms with Crippen LogP contribution in [0.4, 0.5) is 0 Å². The van der Waals surface area contributed by atoms with E-state index in [4.69, 9.17) is 11.3 Å². The molecule has 0 atom stereocenters. The van der Waals surface area contributed by atoms with Crippen LogP contribution < -0.4 is 0 Å². The predicted octanol–water partition coefficient (Wildman–Crippen LogP) is 18.2. The normalized spacial score (nSPS) is 12.7. The van der Waals surface area contributed by atoms with Crippen LogP contribution in [0.1, 0.15) is 132 Å². The van der Waals surface area contributed by atoms with Crippen molar-refractivity contribution in [1.82, 2.24) is 14.5 Å². The maximum Gasteiger partial charge on any atom is 0.148 e. The van der Waals surface area contributed by atoms with Crippen molar-refractivity contribution in [3.05, 3.63) is 192 Å². The largest absolute Gasteiger partial charge is 0.507 e. The second-order valence-electron chi connectivity index (χ2n) is 23.7. The minimum absolute atomic E-state index is 0. The summed E-state index contributed by atoms with van der Waals surface area (Å²) in [6.45, 7) is 30.6. The number of imidazole rings is 1. The molecule has 2 aromatic heterocycles. The quantitative estimate of drug-likeness (QED) is 0.154. The van der Waals surface area contributed by atoms with Gasteiger partial charge in [-0.2, -0.15) is 0 Å². The van der Waals surface area contributed by atoms with Gasteiger partial charge in [0.1, 0.15) is 11.6 Å². The number of phenols is 1. The molecule has 72 heavy (non-hydrogen) atoms. The summed E-state index contributed by atoms with van der Waals surface area (Å²) < 4.78 is 10.8. The third-order valence-electron chi connectivity index (χ3n) is 14.0. The molecule has 370 valence electrons. The van der Waals surface area contributed by atoms with Crippen LogP contribution in [-0.4, -0.2) is 19.6 Å². The van der Waals surface area contributed by atoms with E-state index in [1.165, 1.54) is 11.1 Å². The summed E-state index contributed by atoms with van der Waals surface area (Å²) >= 11 is 0. The summed E-state index contributed by atoms with van der Waals surface area (Å²) in [5.74, 6) is 0.213. The molecule has 0 radical (unpaired) electrons. The van der Waals surface area contributed by atoms with Gasteiger partial charge >= 0.3 is 0 Å². The van der Waals surface area contributed by atoms with Gasteiger partial charge in [0.25, 0.3) is 0 Å². The van der Waals surface area contributed by atoms with Crippen LogP contribution in [0.25, 0.3) is 83.9 Å². The van der Waals surface area contributed by atoms with Gasteiger partial charge < -0.3 is 5.11 Å². The summed E-state index contributed by atoms with van der Waals surface area (Å²) in [6.07, 6.45) is 1.87. The Labute approximate surface area is 445 Å². The number of pyridine rings is 1. The molecule has 0 aliphatic heterocycles. The molecule has 0 fully saturated rings. The Kier molecular flexibility index (Phi) is 13.8. The zero-order chi connectivity index (χ0) is 51.7. The van der Waals surface area contributed by atoms with E-state index in [1.54, 1.807) is 0 Å². The SMILES string of the molecule is [2H]C(C)(C)c1ccc(-c2ccnc(-c3[c-]c(-c4cccc5c4nc(-c4cc(C(C)(C)C)cc(C(C)(C)C)c4O)n5-c4ccc(C(C)(C)C)cc4-c4ccc(C(C)(C)C)cc4)cc(-c4ccccc4)c3)c2)cc1.[Pt]. The van der Waals surface area contributed by atoms with E-state index in [0.29, 0.717) is 11.4 Å². The third kappa shape index (κ3) is 10.4. The fraction of sp³-hybridized carbons (Fsp3) is 0.284. The maximum absolute atomic E-state index is 12.7. The molecule has 0 saturated carbocycles. The molecule has 0 spiro atoms. The standard InChI is InChI=1S/C67H70N3O.Pt/c1-42(2)43-23-25-45(26-24-43)47-33-34-68-58(38-47)50-36-48(44-19-16-15-17-20-44)35-49(37-50)54-21-18-22-60-61(54)69-63(56-40-53(66(9,10)11)41-57(62(56)71)67(12,13)14)70(60)59-32-31-52(65(6,7)8)39-55(59)46-27-29-51(30-28-46)64(3,4)5;/h15-36,38-42,71H,1-14H3;/q-1;/i42D;. The molecule has 0 unspecified atom stereocenters. The fourth-order valence-electron chi connectivity index (χ4n) is 9.53. The molecule has 9 aromatic rings. The maximum atomic E-state index is 12.7. The van der Waals surface area contributed by atoms with Crippen LogP contribution in [0.3, 0.4) is 0 Å². The zero-order valence-electron chi connectivity index (χ0n) is 45.6. The van der Waals surface area contributed by atoms with Crippen LogP contribution in [0.15, 0.2) is 158 Å². The first kappa shape index (κ1) is 50.6. The molecule has 0 amide bonds. The first-order valence-corrected chi connectivity index (χ1v) is 25.1. The molecule has 7 aromatic carbocycles. The van der Waals surface area contributed by atoms with Crippen molar-refractivity contribution in [2.24, 2.45) is 0 Å². The van der Waals surface area contributed by atoms with Gasteiger partial charge in [-0.15, -0.1) is 23.8 Å². The monoisotopic (exact) mass is 1130 g/mol. The molecule has 0 aliphatic carbocycles. The topological polar surface area (TPSA) is 50.9 Å². The first-order chi connectivity index (χ1) is 33.8. The smallest absolute Gasteiger partial charge is 0.148 e. The first-order valence-electron chi connectivity index (χ1n) is 25.6. The second-order valence-corrected chi connectivity index (χ2v) is 23.7. The van der Waals surface area contributed by atoms with Crippen molar-refractivity contribution in [3.63, 3.8) is 0 Å². The number of nitrogens with zero attached hydrogens (tertiary/aromatic N) is 3. The van der Waals surface area contributed by atoms with E-state index in [0.717, 1.165) is 89.2 Å². The van der Waals surface area contributed by atoms with Crippen LogP contribution in [-0.2, 0) is 42.7 Å². The van der Waals surface area contributed by atoms with Gasteiger partial charge in [0.2, 0.25) is 0 Å². The van der Waals surface area contributed by atoms with Gasteiger partial charge in [0.05, 0.1) is 22.3 Å². The Hall–Kier alpha value is -6.35. The Morgan fingerprint density at radius 2 is 1.11 bits per heavy atom. The molecule has 5 heteroatoms. The molecule has 0 aliphatic rings. The summed E-state index contributed by atoms with van der Waals surface area (Å²) in [7, 11) is 0. The number of hydrogen-bond donors (Lipinski definition) is 1. The van der Waals surface area contributed by atoms with Gasteiger partial charge in [-0.05, 0) is 102 Å². The van der Waals surface area contributed by atoms with Crippen molar-refractivity contribution in [3.8, 4) is 78.6 Å². The molecule has 0 bridgehead atoms. The summed E-state index contributed by atoms with van der Waals surface area (Å²) in [4.78, 5) is 10.7. The van der Waals surface area contributed by atoms with E-state index < -0.39 is 5.89 Å². The fourth-order valence-corrected chi connectivity index (χ4v) is 9.53. The van der Waals surface area contributed by atoms with Gasteiger partial charge in [0.15, 0.2) is 0 Å². The summed E-state index contributed by atoms with van der Waals surface area (Å²) in [6, 6.07) is 57.8. The second kappa shape index (κ2) is 19.6. The third-order valence-corrected chi connectivity index (χ3v) is 14.0. The van der Waals surface area contributed by atoms with Crippen molar-refractivity contribution < 1.29 is 27.5 Å². The summed E-state index contributed by atoms with van der Waals surface area (Å²) in [5, 5.41) is 12.7. The van der Waals surface area contributed by atoms with Gasteiger partial charge in [-0.3, -0.25) is 9.55 Å². The van der Waals surface area contributed by atoms with Crippen LogP contribution in [0, 0.1) is 6.07 Å². The van der Waals surface area contributed by atoms with Gasteiger partial charge in [-0.25, -0.2) is 4.98 Å². The van der Waals surface area contributed by atoms with E-state index in [1.807, 2.05) is 44.3 Å². The number of phenolic OH excluding ortho intramolecular Hbond substituents is 1. The molecular formula is C67H70N3OPt-. The van der Waals surface area contributed by atoms with E-state index >= 15 is 0 Å². The number of rotatable bonds is 8. The van der Waals surface area contributed by atoms with Crippen molar-refractivity contribution in [2.45, 2.75) is 124 Å². The zero-order valence-corrected chi connectivity index (χ0v) is 46.9. The molecule has 0 saturated heterocycles. The summed E-state index contributed by atoms with van der Waals surface area (Å²) in [5.41, 5.74) is 18.0. The number of benzene rings is 7. The van der Waals surface area contributed by atoms with E-state index in [-0.39, 0.29) is 48.5 Å². The van der Waals surface area contributed by atoms with Gasteiger partial charge in [0, 0.05) is 45.5 Å². The average molecular weight is 1130 g/mol. The minimum atomic E-state index is -0.686. The molecular weight excluding hydrogens is 1060 g/mol. The van der Waals surface area contributed by atoms with Gasteiger partial charge in [-0.1, -0.05) is 223 Å². The number of aromatic nitrogens is 3. The van der Waals surface area contributed by atoms with Crippen molar-refractivity contribution >= 4 is 11.0 Å².